The predicted octanol–water partition coefficient (Wildman–Crippen LogP) is 5.27. The molecule has 0 aliphatic heterocycles. The Morgan fingerprint density at radius 3 is 2.58 bits per heavy atom. The third-order valence-electron chi connectivity index (χ3n) is 5.08. The van der Waals surface area contributed by atoms with Crippen LogP contribution in [-0.2, 0) is 11.3 Å². The Balaban J connectivity index is 1.48. The van der Waals surface area contributed by atoms with Gasteiger partial charge in [0.05, 0.1) is 0 Å². The molecule has 0 N–H and O–H groups in total. The van der Waals surface area contributed by atoms with Crippen LogP contribution in [0.25, 0.3) is 33.2 Å². The molecule has 0 amide bonds. The Hall–Kier alpha value is -4.19. The van der Waals surface area contributed by atoms with Crippen LogP contribution >= 0.6 is 0 Å². The smallest absolute Gasteiger partial charge is 0.360 e. The summed E-state index contributed by atoms with van der Waals surface area (Å²) >= 11 is 0. The standard InChI is InChI=1S/C25H17NO5/c1-15-23(26-24(30-15)17-8-3-2-4-9-17)25(28)29-14-18-13-21(27)31-20-12-11-16-7-5-6-10-19(16)22(18)20/h2-13H,14H2,1H3. The first-order valence-corrected chi connectivity index (χ1v) is 9.74. The van der Waals surface area contributed by atoms with Crippen LogP contribution in [0, 0.1) is 6.92 Å². The number of fused-ring (bicyclic) bond motifs is 3. The zero-order valence-electron chi connectivity index (χ0n) is 16.6. The topological polar surface area (TPSA) is 82.5 Å². The summed E-state index contributed by atoms with van der Waals surface area (Å²) in [6.07, 6.45) is 0. The molecule has 31 heavy (non-hydrogen) atoms. The molecule has 6 heteroatoms. The Morgan fingerprint density at radius 1 is 0.968 bits per heavy atom. The van der Waals surface area contributed by atoms with E-state index in [0.717, 1.165) is 21.7 Å². The molecule has 5 rings (SSSR count). The Bertz CT molecular complexity index is 1480. The van der Waals surface area contributed by atoms with Gasteiger partial charge in [0.2, 0.25) is 5.89 Å². The first kappa shape index (κ1) is 18.8. The van der Waals surface area contributed by atoms with Gasteiger partial charge >= 0.3 is 11.6 Å². The van der Waals surface area contributed by atoms with Crippen LogP contribution < -0.4 is 5.63 Å². The number of rotatable bonds is 4. The molecular formula is C25H17NO5. The highest BCUT2D eigenvalue weighted by atomic mass is 16.5. The van der Waals surface area contributed by atoms with E-state index in [4.69, 9.17) is 13.6 Å². The molecule has 0 unspecified atom stereocenters. The van der Waals surface area contributed by atoms with E-state index in [0.29, 0.717) is 22.8 Å². The summed E-state index contributed by atoms with van der Waals surface area (Å²) in [6, 6.07) is 22.1. The molecular weight excluding hydrogens is 394 g/mol. The summed E-state index contributed by atoms with van der Waals surface area (Å²) in [4.78, 5) is 29.1. The summed E-state index contributed by atoms with van der Waals surface area (Å²) < 4.78 is 16.5. The zero-order chi connectivity index (χ0) is 21.4. The number of aryl methyl sites for hydroxylation is 1. The van der Waals surface area contributed by atoms with Crippen molar-refractivity contribution >= 4 is 27.7 Å². The molecule has 3 aromatic carbocycles. The van der Waals surface area contributed by atoms with Crippen molar-refractivity contribution in [3.8, 4) is 11.5 Å². The van der Waals surface area contributed by atoms with E-state index < -0.39 is 11.6 Å². The molecule has 2 aromatic heterocycles. The van der Waals surface area contributed by atoms with Crippen LogP contribution in [-0.4, -0.2) is 11.0 Å². The molecule has 0 radical (unpaired) electrons. The second-order valence-corrected chi connectivity index (χ2v) is 7.12. The minimum Gasteiger partial charge on any atom is -0.456 e. The minimum atomic E-state index is -0.620. The summed E-state index contributed by atoms with van der Waals surface area (Å²) in [6.45, 7) is 1.57. The fourth-order valence-corrected chi connectivity index (χ4v) is 3.64. The Morgan fingerprint density at radius 2 is 1.74 bits per heavy atom. The van der Waals surface area contributed by atoms with Crippen molar-refractivity contribution in [1.29, 1.82) is 0 Å². The highest BCUT2D eigenvalue weighted by Crippen LogP contribution is 2.28. The van der Waals surface area contributed by atoms with Gasteiger partial charge in [-0.05, 0) is 35.9 Å². The molecule has 0 fully saturated rings. The summed E-state index contributed by atoms with van der Waals surface area (Å²) in [7, 11) is 0. The third kappa shape index (κ3) is 3.48. The number of carbonyl (C=O) groups is 1. The van der Waals surface area contributed by atoms with E-state index in [1.165, 1.54) is 6.07 Å². The third-order valence-corrected chi connectivity index (χ3v) is 5.08. The van der Waals surface area contributed by atoms with E-state index in [9.17, 15) is 9.59 Å². The zero-order valence-corrected chi connectivity index (χ0v) is 16.6. The van der Waals surface area contributed by atoms with Crippen LogP contribution in [0.4, 0.5) is 0 Å². The van der Waals surface area contributed by atoms with E-state index in [1.54, 1.807) is 13.0 Å². The van der Waals surface area contributed by atoms with Crippen molar-refractivity contribution in [2.24, 2.45) is 0 Å². The second kappa shape index (κ2) is 7.57. The van der Waals surface area contributed by atoms with Gasteiger partial charge in [0.15, 0.2) is 5.69 Å². The number of nitrogens with zero attached hydrogens (tertiary/aromatic N) is 1. The summed E-state index contributed by atoms with van der Waals surface area (Å²) in [5.74, 6) is 0.0960. The SMILES string of the molecule is Cc1oc(-c2ccccc2)nc1C(=O)OCc1cc(=O)oc2ccc3ccccc3c12. The van der Waals surface area contributed by atoms with Crippen LogP contribution in [0.5, 0.6) is 0 Å². The molecule has 0 bridgehead atoms. The van der Waals surface area contributed by atoms with Gasteiger partial charge in [-0.15, -0.1) is 0 Å². The molecule has 0 atom stereocenters. The highest BCUT2D eigenvalue weighted by molar-refractivity contribution is 6.07. The minimum absolute atomic E-state index is 0.0953. The fraction of sp³-hybridized carbons (Fsp3) is 0.0800. The monoisotopic (exact) mass is 411 g/mol. The van der Waals surface area contributed by atoms with Crippen LogP contribution in [0.2, 0.25) is 0 Å². The van der Waals surface area contributed by atoms with Gasteiger partial charge in [0.1, 0.15) is 18.0 Å². The maximum absolute atomic E-state index is 12.7. The van der Waals surface area contributed by atoms with Gasteiger partial charge in [-0.25, -0.2) is 14.6 Å². The molecule has 0 aliphatic rings. The summed E-state index contributed by atoms with van der Waals surface area (Å²) in [5, 5.41) is 2.66. The Kier molecular flexibility index (Phi) is 4.59. The summed E-state index contributed by atoms with van der Waals surface area (Å²) in [5.41, 5.74) is 1.39. The van der Waals surface area contributed by atoms with Gasteiger partial charge in [-0.2, -0.15) is 0 Å². The van der Waals surface area contributed by atoms with E-state index >= 15 is 0 Å². The van der Waals surface area contributed by atoms with Gasteiger partial charge < -0.3 is 13.6 Å². The van der Waals surface area contributed by atoms with E-state index in [-0.39, 0.29) is 12.3 Å². The number of ether oxygens (including phenoxy) is 1. The van der Waals surface area contributed by atoms with Gasteiger partial charge in [-0.3, -0.25) is 0 Å². The highest BCUT2D eigenvalue weighted by Gasteiger charge is 2.20. The number of aromatic nitrogens is 1. The van der Waals surface area contributed by atoms with Crippen molar-refractivity contribution in [2.45, 2.75) is 13.5 Å². The number of esters is 1. The van der Waals surface area contributed by atoms with E-state index in [2.05, 4.69) is 4.98 Å². The number of hydrogen-bond donors (Lipinski definition) is 0. The average Bonchev–Trinajstić information content (AvgIpc) is 3.19. The van der Waals surface area contributed by atoms with E-state index in [1.807, 2.05) is 60.7 Å². The van der Waals surface area contributed by atoms with Crippen LogP contribution in [0.1, 0.15) is 21.8 Å². The molecule has 0 saturated carbocycles. The van der Waals surface area contributed by atoms with Gasteiger partial charge in [-0.1, -0.05) is 48.5 Å². The van der Waals surface area contributed by atoms with Crippen LogP contribution in [0.3, 0.4) is 0 Å². The number of oxazole rings is 1. The van der Waals surface area contributed by atoms with Crippen molar-refractivity contribution in [3.05, 3.63) is 100 Å². The second-order valence-electron chi connectivity index (χ2n) is 7.12. The van der Waals surface area contributed by atoms with Gasteiger partial charge in [0.25, 0.3) is 0 Å². The number of carbonyl (C=O) groups excluding carboxylic acids is 1. The molecule has 0 saturated heterocycles. The van der Waals surface area contributed by atoms with Crippen molar-refractivity contribution < 1.29 is 18.4 Å². The molecule has 0 aliphatic carbocycles. The van der Waals surface area contributed by atoms with Crippen molar-refractivity contribution in [2.75, 3.05) is 0 Å². The lowest BCUT2D eigenvalue weighted by Gasteiger charge is -2.09. The molecule has 5 aromatic rings. The lowest BCUT2D eigenvalue weighted by molar-refractivity contribution is 0.0465. The average molecular weight is 411 g/mol. The molecule has 152 valence electrons. The van der Waals surface area contributed by atoms with Crippen molar-refractivity contribution in [3.63, 3.8) is 0 Å². The van der Waals surface area contributed by atoms with Gasteiger partial charge in [0, 0.05) is 22.6 Å². The lowest BCUT2D eigenvalue weighted by Crippen LogP contribution is -2.09. The maximum atomic E-state index is 12.7. The number of benzene rings is 3. The fourth-order valence-electron chi connectivity index (χ4n) is 3.64. The molecule has 0 spiro atoms. The molecule has 2 heterocycles. The quantitative estimate of drug-likeness (QED) is 0.228. The number of hydrogen-bond acceptors (Lipinski definition) is 6. The first-order chi connectivity index (χ1) is 15.1. The molecule has 6 nitrogen and oxygen atoms in total. The van der Waals surface area contributed by atoms with Crippen LogP contribution in [0.15, 0.2) is 86.4 Å². The normalized spacial score (nSPS) is 11.1. The lowest BCUT2D eigenvalue weighted by atomic mass is 10.0. The maximum Gasteiger partial charge on any atom is 0.360 e. The van der Waals surface area contributed by atoms with Crippen molar-refractivity contribution in [1.82, 2.24) is 4.98 Å². The predicted molar refractivity (Wildman–Crippen MR) is 116 cm³/mol. The first-order valence-electron chi connectivity index (χ1n) is 9.74. The largest absolute Gasteiger partial charge is 0.456 e. The Labute approximate surface area is 176 Å².